The van der Waals surface area contributed by atoms with Crippen molar-refractivity contribution in [3.8, 4) is 0 Å². The number of carbonyl (C=O) groups is 2. The smallest absolute Gasteiger partial charge is 0.410 e. The topological polar surface area (TPSA) is 91.3 Å². The molecule has 3 fully saturated rings. The largest absolute Gasteiger partial charge is 0.444 e. The molecule has 0 unspecified atom stereocenters. The minimum atomic E-state index is -0.495. The number of ether oxygens (including phenoxy) is 1. The minimum Gasteiger partial charge on any atom is -0.444 e. The van der Waals surface area contributed by atoms with Crippen LogP contribution >= 0.6 is 11.3 Å². The van der Waals surface area contributed by atoms with Crippen molar-refractivity contribution in [2.45, 2.75) is 71.1 Å². The molecule has 0 radical (unpaired) electrons. The first-order valence-electron chi connectivity index (χ1n) is 11.6. The number of rotatable bonds is 6. The molecule has 0 saturated carbocycles. The fourth-order valence-electron chi connectivity index (χ4n) is 4.26. The van der Waals surface area contributed by atoms with Crippen LogP contribution in [-0.2, 0) is 9.57 Å². The lowest BCUT2D eigenvalue weighted by Gasteiger charge is -2.35. The van der Waals surface area contributed by atoms with Gasteiger partial charge in [0.05, 0.1) is 18.7 Å². The Morgan fingerprint density at radius 1 is 1.16 bits per heavy atom. The molecule has 10 nitrogen and oxygen atoms in total. The van der Waals surface area contributed by atoms with E-state index >= 15 is 0 Å². The number of unbranched alkanes of at least 4 members (excludes halogenated alkanes) is 1. The normalized spacial score (nSPS) is 23.8. The Hall–Kier alpha value is -2.14. The number of nitrogens with zero attached hydrogens (tertiary/aromatic N) is 6. The molecular formula is C21H34N6O4S. The first-order valence-corrected chi connectivity index (χ1v) is 12.4. The van der Waals surface area contributed by atoms with E-state index in [0.29, 0.717) is 39.3 Å². The second-order valence-corrected chi connectivity index (χ2v) is 10.6. The van der Waals surface area contributed by atoms with Gasteiger partial charge in [0.2, 0.25) is 5.13 Å². The Labute approximate surface area is 193 Å². The molecule has 3 aliphatic rings. The maximum atomic E-state index is 12.9. The van der Waals surface area contributed by atoms with E-state index in [1.807, 2.05) is 25.7 Å². The Kier molecular flexibility index (Phi) is 6.75. The molecule has 178 valence electrons. The summed E-state index contributed by atoms with van der Waals surface area (Å²) in [6, 6.07) is 0.0214. The third-order valence-corrected chi connectivity index (χ3v) is 7.05. The number of hydrogen-bond acceptors (Lipinski definition) is 8. The van der Waals surface area contributed by atoms with Gasteiger partial charge in [0.1, 0.15) is 10.6 Å². The monoisotopic (exact) mass is 466 g/mol. The molecule has 2 bridgehead atoms. The highest BCUT2D eigenvalue weighted by atomic mass is 32.1. The summed E-state index contributed by atoms with van der Waals surface area (Å²) >= 11 is 1.54. The molecule has 0 aromatic carbocycles. The average molecular weight is 467 g/mol. The summed E-state index contributed by atoms with van der Waals surface area (Å²) in [5, 5.41) is 12.1. The predicted octanol–water partition coefficient (Wildman–Crippen LogP) is 3.27. The van der Waals surface area contributed by atoms with Crippen LogP contribution in [0.15, 0.2) is 0 Å². The average Bonchev–Trinajstić information content (AvgIpc) is 3.33. The van der Waals surface area contributed by atoms with E-state index < -0.39 is 5.60 Å². The number of piperazine rings is 1. The van der Waals surface area contributed by atoms with Gasteiger partial charge in [-0.25, -0.2) is 9.59 Å². The number of piperidine rings is 1. The van der Waals surface area contributed by atoms with Gasteiger partial charge in [-0.3, -0.25) is 4.84 Å². The van der Waals surface area contributed by atoms with Crippen molar-refractivity contribution in [3.63, 3.8) is 0 Å². The number of amides is 3. The molecule has 32 heavy (non-hydrogen) atoms. The molecule has 1 aromatic rings. The van der Waals surface area contributed by atoms with Gasteiger partial charge < -0.3 is 19.4 Å². The molecule has 2 atom stereocenters. The van der Waals surface area contributed by atoms with Crippen LogP contribution in [0.1, 0.15) is 64.4 Å². The maximum Gasteiger partial charge on any atom is 0.410 e. The van der Waals surface area contributed by atoms with Gasteiger partial charge in [-0.2, -0.15) is 5.06 Å². The van der Waals surface area contributed by atoms with Gasteiger partial charge in [0, 0.05) is 32.7 Å². The van der Waals surface area contributed by atoms with Crippen LogP contribution in [0.4, 0.5) is 14.7 Å². The quantitative estimate of drug-likeness (QED) is 0.594. The Bertz CT molecular complexity index is 819. The van der Waals surface area contributed by atoms with Gasteiger partial charge in [0.15, 0.2) is 0 Å². The van der Waals surface area contributed by atoms with Gasteiger partial charge in [-0.1, -0.05) is 24.7 Å². The van der Waals surface area contributed by atoms with E-state index in [0.717, 1.165) is 35.8 Å². The molecule has 11 heteroatoms. The van der Waals surface area contributed by atoms with Crippen LogP contribution in [0, 0.1) is 0 Å². The van der Waals surface area contributed by atoms with E-state index in [1.54, 1.807) is 21.3 Å². The molecule has 0 aliphatic carbocycles. The fourth-order valence-corrected chi connectivity index (χ4v) is 5.30. The number of hydroxylamine groups is 2. The first-order chi connectivity index (χ1) is 15.3. The number of hydrogen-bond donors (Lipinski definition) is 0. The van der Waals surface area contributed by atoms with Crippen molar-refractivity contribution in [1.29, 1.82) is 0 Å². The third kappa shape index (κ3) is 4.93. The highest BCUT2D eigenvalue weighted by molar-refractivity contribution is 7.15. The zero-order valence-electron chi connectivity index (χ0n) is 19.5. The van der Waals surface area contributed by atoms with Crippen LogP contribution in [0.3, 0.4) is 0 Å². The molecule has 3 aliphatic heterocycles. The van der Waals surface area contributed by atoms with Crippen LogP contribution in [-0.4, -0.2) is 88.2 Å². The summed E-state index contributed by atoms with van der Waals surface area (Å²) in [7, 11) is 0. The number of aromatic nitrogens is 2. The van der Waals surface area contributed by atoms with Crippen molar-refractivity contribution in [1.82, 2.24) is 25.1 Å². The van der Waals surface area contributed by atoms with Crippen molar-refractivity contribution < 1.29 is 19.2 Å². The summed E-state index contributed by atoms with van der Waals surface area (Å²) in [5.41, 5.74) is -0.495. The molecule has 4 rings (SSSR count). The van der Waals surface area contributed by atoms with E-state index in [1.165, 1.54) is 0 Å². The summed E-state index contributed by atoms with van der Waals surface area (Å²) in [6.07, 6.45) is 3.48. The molecule has 0 N–H and O–H groups in total. The van der Waals surface area contributed by atoms with E-state index in [-0.39, 0.29) is 24.2 Å². The number of fused-ring (bicyclic) bond motifs is 2. The van der Waals surface area contributed by atoms with Crippen molar-refractivity contribution in [2.75, 3.05) is 44.2 Å². The van der Waals surface area contributed by atoms with Crippen LogP contribution in [0.2, 0.25) is 0 Å². The molecule has 0 spiro atoms. The Balaban J connectivity index is 1.34. The van der Waals surface area contributed by atoms with Gasteiger partial charge in [0.25, 0.3) is 0 Å². The second kappa shape index (κ2) is 9.38. The number of carbonyl (C=O) groups excluding carboxylic acids is 2. The Morgan fingerprint density at radius 3 is 2.59 bits per heavy atom. The first kappa shape index (κ1) is 23.0. The second-order valence-electron chi connectivity index (χ2n) is 9.57. The summed E-state index contributed by atoms with van der Waals surface area (Å²) < 4.78 is 5.47. The van der Waals surface area contributed by atoms with E-state index in [4.69, 9.17) is 9.57 Å². The zero-order valence-corrected chi connectivity index (χ0v) is 20.3. The number of anilines is 1. The molecule has 3 amide bonds. The van der Waals surface area contributed by atoms with Crippen LogP contribution in [0.25, 0.3) is 0 Å². The predicted molar refractivity (Wildman–Crippen MR) is 120 cm³/mol. The highest BCUT2D eigenvalue weighted by Crippen LogP contribution is 2.40. The number of urea groups is 1. The van der Waals surface area contributed by atoms with Crippen molar-refractivity contribution in [3.05, 3.63) is 5.01 Å². The van der Waals surface area contributed by atoms with E-state index in [2.05, 4.69) is 22.0 Å². The lowest BCUT2D eigenvalue weighted by atomic mass is 10.0. The molecule has 3 saturated heterocycles. The van der Waals surface area contributed by atoms with Gasteiger partial charge in [-0.05, 0) is 40.0 Å². The summed E-state index contributed by atoms with van der Waals surface area (Å²) in [5.74, 6) is 0. The SMILES string of the molecule is CCCCON1C(=O)N2C[C@@H]1CC[C@H]2c1nnc(N2CCN(C(=O)OC(C)(C)C)CC2)s1. The van der Waals surface area contributed by atoms with E-state index in [9.17, 15) is 9.59 Å². The summed E-state index contributed by atoms with van der Waals surface area (Å²) in [4.78, 5) is 36.7. The third-order valence-electron chi connectivity index (χ3n) is 5.97. The zero-order chi connectivity index (χ0) is 22.9. The van der Waals surface area contributed by atoms with Crippen molar-refractivity contribution >= 4 is 28.6 Å². The minimum absolute atomic E-state index is 0.0483. The van der Waals surface area contributed by atoms with Crippen LogP contribution < -0.4 is 4.90 Å². The van der Waals surface area contributed by atoms with Gasteiger partial charge in [-0.15, -0.1) is 10.2 Å². The van der Waals surface area contributed by atoms with Crippen molar-refractivity contribution in [2.24, 2.45) is 0 Å². The molecule has 4 heterocycles. The lowest BCUT2D eigenvalue weighted by Crippen LogP contribution is -2.50. The standard InChI is InChI=1S/C21H34N6O4S/c1-5-6-13-30-27-15-7-8-16(26(14-15)19(27)28)17-22-23-18(32-17)24-9-11-25(12-10-24)20(29)31-21(2,3)4/h15-16H,5-14H2,1-4H3/t15-,16-/m0/s1. The summed E-state index contributed by atoms with van der Waals surface area (Å²) in [6.45, 7) is 11.5. The van der Waals surface area contributed by atoms with Crippen LogP contribution in [0.5, 0.6) is 0 Å². The fraction of sp³-hybridized carbons (Fsp3) is 0.810. The highest BCUT2D eigenvalue weighted by Gasteiger charge is 2.47. The van der Waals surface area contributed by atoms with Gasteiger partial charge >= 0.3 is 12.1 Å². The molecule has 1 aromatic heterocycles. The lowest BCUT2D eigenvalue weighted by molar-refractivity contribution is -0.130. The molecular weight excluding hydrogens is 432 g/mol. The Morgan fingerprint density at radius 2 is 1.91 bits per heavy atom. The maximum absolute atomic E-state index is 12.9.